The Morgan fingerprint density at radius 2 is 1.70 bits per heavy atom. The predicted molar refractivity (Wildman–Crippen MR) is 129 cm³/mol. The van der Waals surface area contributed by atoms with Gasteiger partial charge in [-0.15, -0.1) is 0 Å². The monoisotopic (exact) mass is 438 g/mol. The number of rotatable bonds is 5. The molecule has 0 radical (unpaired) electrons. The van der Waals surface area contributed by atoms with Crippen LogP contribution >= 0.6 is 0 Å². The Morgan fingerprint density at radius 1 is 0.970 bits per heavy atom. The first kappa shape index (κ1) is 20.9. The fraction of sp³-hybridized carbons (Fsp3) is 0.231. The van der Waals surface area contributed by atoms with Gasteiger partial charge in [0.25, 0.3) is 5.91 Å². The normalized spacial score (nSPS) is 11.4. The highest BCUT2D eigenvalue weighted by Crippen LogP contribution is 2.22. The van der Waals surface area contributed by atoms with Gasteiger partial charge in [-0.3, -0.25) is 14.5 Å². The Morgan fingerprint density at radius 3 is 2.42 bits per heavy atom. The smallest absolute Gasteiger partial charge is 0.256 e. The first-order valence-electron chi connectivity index (χ1n) is 11.0. The topological polar surface area (TPSA) is 68.8 Å². The lowest BCUT2D eigenvalue weighted by atomic mass is 10.1. The largest absolute Gasteiger partial charge is 0.330 e. The number of amides is 1. The van der Waals surface area contributed by atoms with Crippen LogP contribution in [0.5, 0.6) is 0 Å². The molecule has 0 spiro atoms. The summed E-state index contributed by atoms with van der Waals surface area (Å²) in [5.41, 5.74) is 6.42. The molecule has 5 rings (SSSR count). The second-order valence-corrected chi connectivity index (χ2v) is 8.43. The molecule has 5 aromatic rings. The van der Waals surface area contributed by atoms with Gasteiger partial charge in [0.15, 0.2) is 0 Å². The first-order chi connectivity index (χ1) is 15.9. The Hall–Kier alpha value is -4.00. The van der Waals surface area contributed by atoms with Crippen molar-refractivity contribution in [2.24, 2.45) is 14.1 Å². The van der Waals surface area contributed by atoms with Crippen LogP contribution in [0.1, 0.15) is 33.1 Å². The molecule has 3 heterocycles. The summed E-state index contributed by atoms with van der Waals surface area (Å²) >= 11 is 0. The first-order valence-corrected chi connectivity index (χ1v) is 11.0. The zero-order chi connectivity index (χ0) is 23.1. The third-order valence-corrected chi connectivity index (χ3v) is 6.34. The molecule has 0 N–H and O–H groups in total. The van der Waals surface area contributed by atoms with E-state index in [1.54, 1.807) is 6.20 Å². The Labute approximate surface area is 192 Å². The van der Waals surface area contributed by atoms with Crippen LogP contribution in [0, 0.1) is 13.8 Å². The minimum Gasteiger partial charge on any atom is -0.330 e. The quantitative estimate of drug-likeness (QED) is 0.410. The fourth-order valence-electron chi connectivity index (χ4n) is 4.31. The summed E-state index contributed by atoms with van der Waals surface area (Å²) in [4.78, 5) is 24.9. The maximum atomic E-state index is 13.8. The van der Waals surface area contributed by atoms with Crippen LogP contribution in [0.3, 0.4) is 0 Å². The molecule has 0 fully saturated rings. The molecule has 0 aliphatic heterocycles. The highest BCUT2D eigenvalue weighted by atomic mass is 16.2. The van der Waals surface area contributed by atoms with E-state index in [0.717, 1.165) is 44.7 Å². The van der Waals surface area contributed by atoms with E-state index in [-0.39, 0.29) is 5.91 Å². The van der Waals surface area contributed by atoms with Gasteiger partial charge >= 0.3 is 0 Å². The molecule has 0 atom stereocenters. The van der Waals surface area contributed by atoms with Crippen LogP contribution in [0.4, 0.5) is 0 Å². The van der Waals surface area contributed by atoms with Crippen molar-refractivity contribution in [2.75, 3.05) is 0 Å². The summed E-state index contributed by atoms with van der Waals surface area (Å²) in [6.45, 7) is 4.84. The second kappa shape index (κ2) is 8.16. The van der Waals surface area contributed by atoms with Gasteiger partial charge in [0.1, 0.15) is 5.82 Å². The van der Waals surface area contributed by atoms with Gasteiger partial charge in [-0.2, -0.15) is 5.10 Å². The SMILES string of the molecule is Cc1nn(C)c(C)c1CN(Cc1nc2ccccc2n1C)C(=O)c1cnc2ccccc2c1. The molecular weight excluding hydrogens is 412 g/mol. The number of hydrogen-bond donors (Lipinski definition) is 0. The number of carbonyl (C=O) groups excluding carboxylic acids is 1. The second-order valence-electron chi connectivity index (χ2n) is 8.43. The zero-order valence-corrected chi connectivity index (χ0v) is 19.3. The molecule has 33 heavy (non-hydrogen) atoms. The number of fused-ring (bicyclic) bond motifs is 2. The van der Waals surface area contributed by atoms with Crippen LogP contribution in [0.2, 0.25) is 0 Å². The van der Waals surface area contributed by atoms with Gasteiger partial charge in [0, 0.05) is 36.9 Å². The van der Waals surface area contributed by atoms with E-state index in [1.165, 1.54) is 0 Å². The van der Waals surface area contributed by atoms with Gasteiger partial charge in [-0.1, -0.05) is 30.3 Å². The summed E-state index contributed by atoms with van der Waals surface area (Å²) in [6, 6.07) is 17.8. The third-order valence-electron chi connectivity index (χ3n) is 6.34. The molecule has 1 amide bonds. The number of hydrogen-bond acceptors (Lipinski definition) is 4. The summed E-state index contributed by atoms with van der Waals surface area (Å²) in [5.74, 6) is 0.750. The number of benzene rings is 2. The number of para-hydroxylation sites is 3. The molecule has 7 heteroatoms. The van der Waals surface area contributed by atoms with E-state index >= 15 is 0 Å². The van der Waals surface area contributed by atoms with Crippen molar-refractivity contribution in [3.05, 3.63) is 89.1 Å². The lowest BCUT2D eigenvalue weighted by molar-refractivity contribution is 0.0723. The molecule has 7 nitrogen and oxygen atoms in total. The zero-order valence-electron chi connectivity index (χ0n) is 19.3. The van der Waals surface area contributed by atoms with Crippen molar-refractivity contribution in [2.45, 2.75) is 26.9 Å². The lowest BCUT2D eigenvalue weighted by Gasteiger charge is -2.23. The van der Waals surface area contributed by atoms with Crippen LogP contribution in [0.15, 0.2) is 60.8 Å². The average molecular weight is 439 g/mol. The van der Waals surface area contributed by atoms with Crippen molar-refractivity contribution in [3.8, 4) is 0 Å². The van der Waals surface area contributed by atoms with Crippen molar-refractivity contribution >= 4 is 27.8 Å². The van der Waals surface area contributed by atoms with E-state index < -0.39 is 0 Å². The number of carbonyl (C=O) groups is 1. The van der Waals surface area contributed by atoms with Gasteiger partial charge in [0.05, 0.1) is 40.9 Å². The number of aryl methyl sites for hydroxylation is 3. The van der Waals surface area contributed by atoms with Crippen LogP contribution in [-0.4, -0.2) is 35.1 Å². The summed E-state index contributed by atoms with van der Waals surface area (Å²) in [5, 5.41) is 5.49. The Balaban J connectivity index is 1.56. The lowest BCUT2D eigenvalue weighted by Crippen LogP contribution is -2.31. The molecule has 0 bridgehead atoms. The maximum Gasteiger partial charge on any atom is 0.256 e. The van der Waals surface area contributed by atoms with Crippen LogP contribution < -0.4 is 0 Å². The third kappa shape index (κ3) is 3.75. The van der Waals surface area contributed by atoms with Gasteiger partial charge < -0.3 is 9.47 Å². The predicted octanol–water partition coefficient (Wildman–Crippen LogP) is 4.31. The van der Waals surface area contributed by atoms with Gasteiger partial charge in [-0.05, 0) is 38.1 Å². The molecular formula is C26H26N6O. The summed E-state index contributed by atoms with van der Waals surface area (Å²) < 4.78 is 3.91. The molecule has 0 saturated carbocycles. The molecule has 2 aromatic carbocycles. The molecule has 166 valence electrons. The average Bonchev–Trinajstić information content (AvgIpc) is 3.27. The molecule has 0 saturated heterocycles. The minimum atomic E-state index is -0.0806. The minimum absolute atomic E-state index is 0.0806. The fourth-order valence-corrected chi connectivity index (χ4v) is 4.31. The van der Waals surface area contributed by atoms with Crippen molar-refractivity contribution in [1.29, 1.82) is 0 Å². The number of nitrogens with zero attached hydrogens (tertiary/aromatic N) is 6. The van der Waals surface area contributed by atoms with E-state index in [2.05, 4.69) is 14.6 Å². The molecule has 0 aliphatic rings. The van der Waals surface area contributed by atoms with Crippen LogP contribution in [-0.2, 0) is 27.2 Å². The Kier molecular flexibility index (Phi) is 5.17. The highest BCUT2D eigenvalue weighted by Gasteiger charge is 2.23. The van der Waals surface area contributed by atoms with E-state index in [0.29, 0.717) is 18.7 Å². The van der Waals surface area contributed by atoms with Crippen LogP contribution in [0.25, 0.3) is 21.9 Å². The maximum absolute atomic E-state index is 13.8. The summed E-state index contributed by atoms with van der Waals surface area (Å²) in [7, 11) is 3.92. The number of aromatic nitrogens is 5. The standard InChI is InChI=1S/C26H26N6O/c1-17-21(18(2)31(4)29-17)15-32(16-25-28-23-11-7-8-12-24(23)30(25)3)26(33)20-13-19-9-5-6-10-22(19)27-14-20/h5-14H,15-16H2,1-4H3. The van der Waals surface area contributed by atoms with Crippen molar-refractivity contribution < 1.29 is 4.79 Å². The van der Waals surface area contributed by atoms with E-state index in [4.69, 9.17) is 4.98 Å². The van der Waals surface area contributed by atoms with E-state index in [1.807, 2.05) is 92.1 Å². The van der Waals surface area contributed by atoms with Crippen molar-refractivity contribution in [1.82, 2.24) is 29.2 Å². The molecule has 3 aromatic heterocycles. The highest BCUT2D eigenvalue weighted by molar-refractivity contribution is 5.97. The molecule has 0 aliphatic carbocycles. The number of imidazole rings is 1. The van der Waals surface area contributed by atoms with Gasteiger partial charge in [-0.25, -0.2) is 4.98 Å². The van der Waals surface area contributed by atoms with Crippen molar-refractivity contribution in [3.63, 3.8) is 0 Å². The molecule has 0 unspecified atom stereocenters. The van der Waals surface area contributed by atoms with E-state index in [9.17, 15) is 4.79 Å². The van der Waals surface area contributed by atoms with Gasteiger partial charge in [0.2, 0.25) is 0 Å². The Bertz CT molecular complexity index is 1500. The summed E-state index contributed by atoms with van der Waals surface area (Å²) in [6.07, 6.45) is 1.66. The number of pyridine rings is 1.